The van der Waals surface area contributed by atoms with Crippen molar-refractivity contribution >= 4 is 21.9 Å². The predicted molar refractivity (Wildman–Crippen MR) is 80.3 cm³/mol. The summed E-state index contributed by atoms with van der Waals surface area (Å²) in [5.41, 5.74) is 0.428. The molecule has 0 aliphatic heterocycles. The number of rotatable bonds is 6. The number of carbonyl (C=O) groups is 1. The summed E-state index contributed by atoms with van der Waals surface area (Å²) in [6, 6.07) is 6.37. The molecule has 6 nitrogen and oxygen atoms in total. The van der Waals surface area contributed by atoms with Crippen molar-refractivity contribution in [2.45, 2.75) is 38.6 Å². The van der Waals surface area contributed by atoms with Crippen molar-refractivity contribution in [3.8, 4) is 0 Å². The number of ether oxygens (including phenoxy) is 1. The van der Waals surface area contributed by atoms with Crippen LogP contribution in [0, 0.1) is 0 Å². The van der Waals surface area contributed by atoms with Gasteiger partial charge in [0, 0.05) is 6.04 Å². The van der Waals surface area contributed by atoms with Crippen LogP contribution in [-0.4, -0.2) is 27.0 Å². The molecule has 1 saturated carbocycles. The number of benzene rings is 1. The topological polar surface area (TPSA) is 84.5 Å². The molecule has 0 heterocycles. The molecule has 21 heavy (non-hydrogen) atoms. The number of nitrogens with one attached hydrogen (secondary N) is 2. The minimum absolute atomic E-state index is 0.0303. The van der Waals surface area contributed by atoms with Crippen LogP contribution in [0.4, 0.5) is 5.69 Å². The molecular formula is C14H20N2O4S. The SMILES string of the molecule is CCOC(=O)c1ccccc1NS(=O)(=O)NC1CCCC1. The second-order valence-corrected chi connectivity index (χ2v) is 6.42. The van der Waals surface area contributed by atoms with Gasteiger partial charge in [-0.2, -0.15) is 13.1 Å². The first-order valence-electron chi connectivity index (χ1n) is 7.08. The maximum absolute atomic E-state index is 12.1. The van der Waals surface area contributed by atoms with Crippen molar-refractivity contribution in [3.05, 3.63) is 29.8 Å². The Labute approximate surface area is 125 Å². The number of anilines is 1. The van der Waals surface area contributed by atoms with Crippen LogP contribution in [0.1, 0.15) is 43.0 Å². The van der Waals surface area contributed by atoms with E-state index in [4.69, 9.17) is 4.74 Å². The van der Waals surface area contributed by atoms with Gasteiger partial charge in [-0.1, -0.05) is 25.0 Å². The molecule has 0 saturated heterocycles. The molecule has 1 aliphatic carbocycles. The Morgan fingerprint density at radius 3 is 2.62 bits per heavy atom. The summed E-state index contributed by atoms with van der Waals surface area (Å²) < 4.78 is 34.2. The lowest BCUT2D eigenvalue weighted by molar-refractivity contribution is 0.0527. The molecule has 116 valence electrons. The van der Waals surface area contributed by atoms with Gasteiger partial charge in [-0.25, -0.2) is 4.79 Å². The monoisotopic (exact) mass is 312 g/mol. The van der Waals surface area contributed by atoms with Crippen LogP contribution in [0.3, 0.4) is 0 Å². The fourth-order valence-corrected chi connectivity index (χ4v) is 3.60. The maximum atomic E-state index is 12.1. The van der Waals surface area contributed by atoms with E-state index in [9.17, 15) is 13.2 Å². The number of hydrogen-bond donors (Lipinski definition) is 2. The normalized spacial score (nSPS) is 15.9. The first-order chi connectivity index (χ1) is 10.0. The molecule has 0 atom stereocenters. The lowest BCUT2D eigenvalue weighted by Crippen LogP contribution is -2.37. The van der Waals surface area contributed by atoms with Crippen LogP contribution in [0.5, 0.6) is 0 Å². The number of carbonyl (C=O) groups excluding carboxylic acids is 1. The molecular weight excluding hydrogens is 292 g/mol. The zero-order valence-corrected chi connectivity index (χ0v) is 12.8. The Kier molecular flexibility index (Phi) is 5.19. The predicted octanol–water partition coefficient (Wildman–Crippen LogP) is 2.05. The van der Waals surface area contributed by atoms with E-state index in [1.807, 2.05) is 0 Å². The highest BCUT2D eigenvalue weighted by Crippen LogP contribution is 2.20. The van der Waals surface area contributed by atoms with Gasteiger partial charge < -0.3 is 4.74 Å². The Hall–Kier alpha value is -1.60. The van der Waals surface area contributed by atoms with Crippen molar-refractivity contribution in [2.75, 3.05) is 11.3 Å². The molecule has 0 bridgehead atoms. The van der Waals surface area contributed by atoms with Gasteiger partial charge in [-0.05, 0) is 31.9 Å². The molecule has 0 unspecified atom stereocenters. The molecule has 1 aliphatic rings. The summed E-state index contributed by atoms with van der Waals surface area (Å²) in [6.07, 6.45) is 3.76. The quantitative estimate of drug-likeness (QED) is 0.787. The lowest BCUT2D eigenvalue weighted by Gasteiger charge is -2.15. The van der Waals surface area contributed by atoms with Crippen LogP contribution in [0.25, 0.3) is 0 Å². The van der Waals surface area contributed by atoms with Gasteiger partial charge in [-0.3, -0.25) is 4.72 Å². The van der Waals surface area contributed by atoms with E-state index in [0.717, 1.165) is 25.7 Å². The van der Waals surface area contributed by atoms with E-state index in [2.05, 4.69) is 9.44 Å². The first kappa shape index (κ1) is 15.8. The van der Waals surface area contributed by atoms with Gasteiger partial charge in [0.25, 0.3) is 10.2 Å². The van der Waals surface area contributed by atoms with Crippen molar-refractivity contribution in [3.63, 3.8) is 0 Å². The molecule has 1 aromatic carbocycles. The number of para-hydroxylation sites is 1. The van der Waals surface area contributed by atoms with Gasteiger partial charge in [0.05, 0.1) is 17.9 Å². The Bertz CT molecular complexity index is 595. The van der Waals surface area contributed by atoms with E-state index in [1.54, 1.807) is 25.1 Å². The Morgan fingerprint density at radius 1 is 1.29 bits per heavy atom. The van der Waals surface area contributed by atoms with Crippen LogP contribution < -0.4 is 9.44 Å². The molecule has 0 spiro atoms. The summed E-state index contributed by atoms with van der Waals surface area (Å²) in [5.74, 6) is -0.545. The summed E-state index contributed by atoms with van der Waals surface area (Å²) >= 11 is 0. The summed E-state index contributed by atoms with van der Waals surface area (Å²) in [7, 11) is -3.70. The average molecular weight is 312 g/mol. The van der Waals surface area contributed by atoms with Gasteiger partial charge in [0.15, 0.2) is 0 Å². The molecule has 1 aromatic rings. The molecule has 0 aromatic heterocycles. The molecule has 2 N–H and O–H groups in total. The van der Waals surface area contributed by atoms with Crippen molar-refractivity contribution in [1.29, 1.82) is 0 Å². The molecule has 7 heteroatoms. The highest BCUT2D eigenvalue weighted by Gasteiger charge is 2.22. The van der Waals surface area contributed by atoms with Crippen LogP contribution in [0.15, 0.2) is 24.3 Å². The molecule has 2 rings (SSSR count). The zero-order valence-electron chi connectivity index (χ0n) is 12.0. The van der Waals surface area contributed by atoms with E-state index in [0.29, 0.717) is 0 Å². The molecule has 0 amide bonds. The van der Waals surface area contributed by atoms with Crippen molar-refractivity contribution < 1.29 is 17.9 Å². The standard InChI is InChI=1S/C14H20N2O4S/c1-2-20-14(17)12-9-5-6-10-13(12)16-21(18,19)15-11-7-3-4-8-11/h5-6,9-11,15-16H,2-4,7-8H2,1H3. The summed E-state index contributed by atoms with van der Waals surface area (Å²) in [6.45, 7) is 1.94. The molecule has 1 fully saturated rings. The van der Waals surface area contributed by atoms with Gasteiger partial charge >= 0.3 is 5.97 Å². The van der Waals surface area contributed by atoms with Gasteiger partial charge in [0.2, 0.25) is 0 Å². The van der Waals surface area contributed by atoms with Crippen molar-refractivity contribution in [2.24, 2.45) is 0 Å². The summed E-state index contributed by atoms with van der Waals surface area (Å²) in [4.78, 5) is 11.8. The van der Waals surface area contributed by atoms with Crippen LogP contribution >= 0.6 is 0 Å². The van der Waals surface area contributed by atoms with E-state index in [1.165, 1.54) is 6.07 Å². The van der Waals surface area contributed by atoms with E-state index in [-0.39, 0.29) is 23.9 Å². The number of hydrogen-bond acceptors (Lipinski definition) is 4. The zero-order chi connectivity index (χ0) is 15.3. The third kappa shape index (κ3) is 4.44. The highest BCUT2D eigenvalue weighted by molar-refractivity contribution is 7.90. The third-order valence-corrected chi connectivity index (χ3v) is 4.48. The summed E-state index contributed by atoms with van der Waals surface area (Å²) in [5, 5.41) is 0. The second-order valence-electron chi connectivity index (χ2n) is 4.97. The smallest absolute Gasteiger partial charge is 0.340 e. The maximum Gasteiger partial charge on any atom is 0.340 e. The first-order valence-corrected chi connectivity index (χ1v) is 8.56. The molecule has 0 radical (unpaired) electrons. The fraction of sp³-hybridized carbons (Fsp3) is 0.500. The third-order valence-electron chi connectivity index (χ3n) is 3.34. The lowest BCUT2D eigenvalue weighted by atomic mass is 10.2. The van der Waals surface area contributed by atoms with Crippen LogP contribution in [0.2, 0.25) is 0 Å². The van der Waals surface area contributed by atoms with Gasteiger partial charge in [-0.15, -0.1) is 0 Å². The average Bonchev–Trinajstić information content (AvgIpc) is 2.91. The highest BCUT2D eigenvalue weighted by atomic mass is 32.2. The largest absolute Gasteiger partial charge is 0.462 e. The number of esters is 1. The minimum Gasteiger partial charge on any atom is -0.462 e. The fourth-order valence-electron chi connectivity index (χ4n) is 2.40. The van der Waals surface area contributed by atoms with Crippen LogP contribution in [-0.2, 0) is 14.9 Å². The van der Waals surface area contributed by atoms with E-state index < -0.39 is 16.2 Å². The minimum atomic E-state index is -3.70. The Balaban J connectivity index is 2.12. The van der Waals surface area contributed by atoms with Crippen molar-refractivity contribution in [1.82, 2.24) is 4.72 Å². The van der Waals surface area contributed by atoms with Gasteiger partial charge in [0.1, 0.15) is 0 Å². The Morgan fingerprint density at radius 2 is 1.95 bits per heavy atom. The van der Waals surface area contributed by atoms with E-state index >= 15 is 0 Å². The second kappa shape index (κ2) is 6.91.